The van der Waals surface area contributed by atoms with Crippen LogP contribution in [0, 0.1) is 0 Å². The maximum atomic E-state index is 12.4. The number of para-hydroxylation sites is 1. The number of aliphatic hydroxyl groups is 1. The Bertz CT molecular complexity index is 558. The zero-order valence-corrected chi connectivity index (χ0v) is 11.0. The summed E-state index contributed by atoms with van der Waals surface area (Å²) >= 11 is 0. The summed E-state index contributed by atoms with van der Waals surface area (Å²) in [5.74, 6) is -0.0294. The van der Waals surface area contributed by atoms with Crippen LogP contribution in [-0.2, 0) is 6.54 Å². The molecule has 1 aromatic heterocycles. The molecule has 20 heavy (non-hydrogen) atoms. The van der Waals surface area contributed by atoms with Gasteiger partial charge >= 0.3 is 6.61 Å². The van der Waals surface area contributed by atoms with Gasteiger partial charge in [-0.15, -0.1) is 0 Å². The van der Waals surface area contributed by atoms with Gasteiger partial charge in [-0.3, -0.25) is 4.68 Å². The molecule has 1 N–H and O–H groups in total. The first-order valence-electron chi connectivity index (χ1n) is 6.36. The van der Waals surface area contributed by atoms with Gasteiger partial charge in [-0.05, 0) is 12.5 Å². The first kappa shape index (κ1) is 14.5. The molecule has 0 radical (unpaired) electrons. The van der Waals surface area contributed by atoms with E-state index in [4.69, 9.17) is 0 Å². The molecule has 0 spiro atoms. The van der Waals surface area contributed by atoms with Gasteiger partial charge in [0.15, 0.2) is 0 Å². The Morgan fingerprint density at radius 3 is 2.80 bits per heavy atom. The van der Waals surface area contributed by atoms with Crippen molar-refractivity contribution in [1.82, 2.24) is 9.78 Å². The van der Waals surface area contributed by atoms with Crippen LogP contribution in [0.1, 0.15) is 30.6 Å². The van der Waals surface area contributed by atoms with Crippen LogP contribution in [0.3, 0.4) is 0 Å². The Balaban J connectivity index is 2.25. The fourth-order valence-corrected chi connectivity index (χ4v) is 1.96. The molecule has 0 aliphatic heterocycles. The Morgan fingerprint density at radius 2 is 2.10 bits per heavy atom. The van der Waals surface area contributed by atoms with E-state index >= 15 is 0 Å². The second kappa shape index (κ2) is 6.47. The molecule has 0 fully saturated rings. The number of aryl methyl sites for hydroxylation is 1. The smallest absolute Gasteiger partial charge is 0.387 e. The summed E-state index contributed by atoms with van der Waals surface area (Å²) in [7, 11) is 0. The Kier molecular flexibility index (Phi) is 4.68. The number of rotatable bonds is 6. The van der Waals surface area contributed by atoms with E-state index in [1.54, 1.807) is 29.1 Å². The first-order valence-corrected chi connectivity index (χ1v) is 6.36. The molecule has 108 valence electrons. The zero-order chi connectivity index (χ0) is 14.5. The minimum Gasteiger partial charge on any atom is -0.434 e. The zero-order valence-electron chi connectivity index (χ0n) is 11.0. The summed E-state index contributed by atoms with van der Waals surface area (Å²) in [6.45, 7) is -0.169. The maximum absolute atomic E-state index is 12.4. The lowest BCUT2D eigenvalue weighted by Crippen LogP contribution is -2.07. The molecular weight excluding hydrogens is 266 g/mol. The SMILES string of the molecule is CCCn1cc(C(O)c2ccccc2OC(F)F)cn1. The van der Waals surface area contributed by atoms with Crippen LogP contribution in [0.5, 0.6) is 5.75 Å². The summed E-state index contributed by atoms with van der Waals surface area (Å²) in [5, 5.41) is 14.4. The molecule has 6 heteroatoms. The van der Waals surface area contributed by atoms with Crippen molar-refractivity contribution in [3.05, 3.63) is 47.8 Å². The third kappa shape index (κ3) is 3.33. The minimum atomic E-state index is -2.92. The molecule has 4 nitrogen and oxygen atoms in total. The lowest BCUT2D eigenvalue weighted by atomic mass is 10.0. The van der Waals surface area contributed by atoms with Crippen LogP contribution in [0.2, 0.25) is 0 Å². The van der Waals surface area contributed by atoms with Gasteiger partial charge in [0.2, 0.25) is 0 Å². The van der Waals surface area contributed by atoms with Crippen molar-refractivity contribution in [2.24, 2.45) is 0 Å². The number of halogens is 2. The fraction of sp³-hybridized carbons (Fsp3) is 0.357. The molecule has 0 aliphatic rings. The van der Waals surface area contributed by atoms with E-state index in [9.17, 15) is 13.9 Å². The largest absolute Gasteiger partial charge is 0.434 e. The number of nitrogens with zero attached hydrogens (tertiary/aromatic N) is 2. The van der Waals surface area contributed by atoms with Crippen molar-refractivity contribution < 1.29 is 18.6 Å². The van der Waals surface area contributed by atoms with Gasteiger partial charge in [-0.1, -0.05) is 25.1 Å². The van der Waals surface area contributed by atoms with Crippen molar-refractivity contribution in [3.63, 3.8) is 0 Å². The van der Waals surface area contributed by atoms with E-state index in [0.717, 1.165) is 13.0 Å². The summed E-state index contributed by atoms with van der Waals surface area (Å²) in [5.41, 5.74) is 0.840. The normalized spacial score (nSPS) is 12.7. The Hall–Kier alpha value is -1.95. The molecule has 0 amide bonds. The highest BCUT2D eigenvalue weighted by molar-refractivity contribution is 5.39. The number of benzene rings is 1. The van der Waals surface area contributed by atoms with Gasteiger partial charge in [0.25, 0.3) is 0 Å². The predicted molar refractivity (Wildman–Crippen MR) is 69.7 cm³/mol. The highest BCUT2D eigenvalue weighted by Crippen LogP contribution is 2.30. The summed E-state index contributed by atoms with van der Waals surface area (Å²) < 4.78 is 30.8. The molecule has 1 atom stereocenters. The first-order chi connectivity index (χ1) is 9.61. The summed E-state index contributed by atoms with van der Waals surface area (Å²) in [6, 6.07) is 6.20. The van der Waals surface area contributed by atoms with Crippen molar-refractivity contribution in [1.29, 1.82) is 0 Å². The Morgan fingerprint density at radius 1 is 1.35 bits per heavy atom. The average molecular weight is 282 g/mol. The summed E-state index contributed by atoms with van der Waals surface area (Å²) in [4.78, 5) is 0. The lowest BCUT2D eigenvalue weighted by Gasteiger charge is -2.14. The minimum absolute atomic E-state index is 0.0294. The van der Waals surface area contributed by atoms with E-state index in [1.165, 1.54) is 12.3 Å². The molecule has 0 saturated carbocycles. The quantitative estimate of drug-likeness (QED) is 0.886. The average Bonchev–Trinajstić information content (AvgIpc) is 2.87. The molecule has 2 aromatic rings. The Labute approximate surface area is 115 Å². The van der Waals surface area contributed by atoms with Gasteiger partial charge in [0.05, 0.1) is 6.20 Å². The molecule has 1 unspecified atom stereocenters. The number of aliphatic hydroxyl groups excluding tert-OH is 1. The number of alkyl halides is 2. The maximum Gasteiger partial charge on any atom is 0.387 e. The van der Waals surface area contributed by atoms with Crippen LogP contribution >= 0.6 is 0 Å². The number of aromatic nitrogens is 2. The number of ether oxygens (including phenoxy) is 1. The monoisotopic (exact) mass is 282 g/mol. The number of hydrogen-bond donors (Lipinski definition) is 1. The van der Waals surface area contributed by atoms with Crippen molar-refractivity contribution >= 4 is 0 Å². The number of hydrogen-bond acceptors (Lipinski definition) is 3. The topological polar surface area (TPSA) is 47.3 Å². The molecule has 2 rings (SSSR count). The fourth-order valence-electron chi connectivity index (χ4n) is 1.96. The molecule has 0 aliphatic carbocycles. The third-order valence-electron chi connectivity index (χ3n) is 2.85. The molecular formula is C14H16F2N2O2. The van der Waals surface area contributed by atoms with E-state index in [2.05, 4.69) is 9.84 Å². The van der Waals surface area contributed by atoms with E-state index in [0.29, 0.717) is 11.1 Å². The lowest BCUT2D eigenvalue weighted by molar-refractivity contribution is -0.0512. The highest BCUT2D eigenvalue weighted by atomic mass is 19.3. The predicted octanol–water partition coefficient (Wildman–Crippen LogP) is 2.98. The van der Waals surface area contributed by atoms with Crippen LogP contribution < -0.4 is 4.74 Å². The van der Waals surface area contributed by atoms with Crippen LogP contribution in [0.4, 0.5) is 8.78 Å². The van der Waals surface area contributed by atoms with Crippen LogP contribution in [0.25, 0.3) is 0 Å². The summed E-state index contributed by atoms with van der Waals surface area (Å²) in [6.07, 6.45) is 3.10. The van der Waals surface area contributed by atoms with E-state index < -0.39 is 12.7 Å². The van der Waals surface area contributed by atoms with Gasteiger partial charge in [-0.2, -0.15) is 13.9 Å². The van der Waals surface area contributed by atoms with Crippen molar-refractivity contribution in [2.45, 2.75) is 32.6 Å². The van der Waals surface area contributed by atoms with Crippen molar-refractivity contribution in [2.75, 3.05) is 0 Å². The second-order valence-corrected chi connectivity index (χ2v) is 4.36. The molecule has 1 aromatic carbocycles. The van der Waals surface area contributed by atoms with Crippen molar-refractivity contribution in [3.8, 4) is 5.75 Å². The van der Waals surface area contributed by atoms with E-state index in [-0.39, 0.29) is 5.75 Å². The van der Waals surface area contributed by atoms with Gasteiger partial charge in [0.1, 0.15) is 11.9 Å². The van der Waals surface area contributed by atoms with Crippen LogP contribution in [-0.4, -0.2) is 21.5 Å². The molecule has 0 bridgehead atoms. The van der Waals surface area contributed by atoms with Gasteiger partial charge < -0.3 is 9.84 Å². The molecule has 1 heterocycles. The van der Waals surface area contributed by atoms with E-state index in [1.807, 2.05) is 6.92 Å². The van der Waals surface area contributed by atoms with Gasteiger partial charge in [-0.25, -0.2) is 0 Å². The highest BCUT2D eigenvalue weighted by Gasteiger charge is 2.18. The third-order valence-corrected chi connectivity index (χ3v) is 2.85. The standard InChI is InChI=1S/C14H16F2N2O2/c1-2-7-18-9-10(8-17-18)13(19)11-5-3-4-6-12(11)20-14(15)16/h3-6,8-9,13-14,19H,2,7H2,1H3. The second-order valence-electron chi connectivity index (χ2n) is 4.36. The molecule has 0 saturated heterocycles. The van der Waals surface area contributed by atoms with Crippen LogP contribution in [0.15, 0.2) is 36.7 Å². The van der Waals surface area contributed by atoms with Gasteiger partial charge in [0, 0.05) is 23.9 Å².